The van der Waals surface area contributed by atoms with Gasteiger partial charge in [-0.05, 0) is 31.2 Å². The minimum atomic E-state index is -0.123. The minimum absolute atomic E-state index is 0.123. The molecular weight excluding hydrogens is 314 g/mol. The topological polar surface area (TPSA) is 58.4 Å². The molecule has 132 valence electrons. The molecule has 1 saturated heterocycles. The molecule has 1 amide bonds. The highest BCUT2D eigenvalue weighted by molar-refractivity contribution is 5.92. The number of amides is 1. The maximum atomic E-state index is 12.5. The third-order valence-electron chi connectivity index (χ3n) is 5.53. The molecule has 1 aromatic carbocycles. The highest BCUT2D eigenvalue weighted by atomic mass is 16.5. The van der Waals surface area contributed by atoms with Gasteiger partial charge in [0, 0.05) is 37.2 Å². The number of nitrogens with one attached hydrogen (secondary N) is 1. The highest BCUT2D eigenvalue weighted by Crippen LogP contribution is 2.40. The monoisotopic (exact) mass is 339 g/mol. The van der Waals surface area contributed by atoms with Crippen molar-refractivity contribution in [3.63, 3.8) is 0 Å². The number of carbonyl (C=O) groups is 1. The van der Waals surface area contributed by atoms with E-state index in [9.17, 15) is 4.79 Å². The van der Waals surface area contributed by atoms with Gasteiger partial charge in [-0.25, -0.2) is 0 Å². The summed E-state index contributed by atoms with van der Waals surface area (Å²) in [6.45, 7) is 6.26. The van der Waals surface area contributed by atoms with Crippen molar-refractivity contribution in [2.24, 2.45) is 5.92 Å². The van der Waals surface area contributed by atoms with Gasteiger partial charge in [-0.3, -0.25) is 9.69 Å². The first-order valence-electron chi connectivity index (χ1n) is 9.18. The van der Waals surface area contributed by atoms with Crippen LogP contribution in [0, 0.1) is 5.92 Å². The SMILES string of the molecule is CC1CN(C(C)c2ccccc2)CC1NC(=O)c1cc(C2CC2)on1. The van der Waals surface area contributed by atoms with E-state index in [2.05, 4.69) is 53.5 Å². The molecule has 2 aliphatic rings. The first-order valence-corrected chi connectivity index (χ1v) is 9.18. The van der Waals surface area contributed by atoms with Crippen molar-refractivity contribution >= 4 is 5.91 Å². The molecule has 2 heterocycles. The first-order chi connectivity index (χ1) is 12.1. The van der Waals surface area contributed by atoms with E-state index >= 15 is 0 Å². The molecule has 0 radical (unpaired) electrons. The molecule has 2 aromatic rings. The van der Waals surface area contributed by atoms with E-state index in [4.69, 9.17) is 4.52 Å². The van der Waals surface area contributed by atoms with E-state index in [-0.39, 0.29) is 11.9 Å². The van der Waals surface area contributed by atoms with Crippen LogP contribution < -0.4 is 5.32 Å². The molecule has 2 fully saturated rings. The number of likely N-dealkylation sites (tertiary alicyclic amines) is 1. The van der Waals surface area contributed by atoms with Crippen LogP contribution in [0.25, 0.3) is 0 Å². The van der Waals surface area contributed by atoms with Gasteiger partial charge >= 0.3 is 0 Å². The van der Waals surface area contributed by atoms with E-state index in [0.29, 0.717) is 23.6 Å². The number of aromatic nitrogens is 1. The van der Waals surface area contributed by atoms with E-state index in [1.807, 2.05) is 6.07 Å². The zero-order chi connectivity index (χ0) is 17.4. The average Bonchev–Trinajstić information content (AvgIpc) is 3.25. The van der Waals surface area contributed by atoms with Gasteiger partial charge < -0.3 is 9.84 Å². The van der Waals surface area contributed by atoms with E-state index in [0.717, 1.165) is 31.7 Å². The predicted octanol–water partition coefficient (Wildman–Crippen LogP) is 3.36. The molecule has 25 heavy (non-hydrogen) atoms. The quantitative estimate of drug-likeness (QED) is 0.907. The third kappa shape index (κ3) is 3.47. The van der Waals surface area contributed by atoms with Gasteiger partial charge in [0.15, 0.2) is 5.69 Å². The lowest BCUT2D eigenvalue weighted by atomic mass is 10.1. The van der Waals surface area contributed by atoms with Crippen molar-refractivity contribution in [1.82, 2.24) is 15.4 Å². The number of carbonyl (C=O) groups excluding carboxylic acids is 1. The second-order valence-corrected chi connectivity index (χ2v) is 7.49. The molecule has 0 bridgehead atoms. The lowest BCUT2D eigenvalue weighted by molar-refractivity contribution is 0.0921. The Kier molecular flexibility index (Phi) is 4.34. The molecule has 3 atom stereocenters. The number of hydrogen-bond donors (Lipinski definition) is 1. The van der Waals surface area contributed by atoms with Gasteiger partial charge in [-0.1, -0.05) is 42.4 Å². The first kappa shape index (κ1) is 16.3. The Morgan fingerprint density at radius 3 is 2.76 bits per heavy atom. The standard InChI is InChI=1S/C20H25N3O2/c1-13-11-23(14(2)15-6-4-3-5-7-15)12-18(13)21-20(24)17-10-19(25-22-17)16-8-9-16/h3-7,10,13-14,16,18H,8-9,11-12H2,1-2H3,(H,21,24). The molecule has 5 heteroatoms. The van der Waals surface area contributed by atoms with Crippen molar-refractivity contribution in [3.8, 4) is 0 Å². The average molecular weight is 339 g/mol. The van der Waals surface area contributed by atoms with Gasteiger partial charge in [-0.15, -0.1) is 0 Å². The van der Waals surface area contributed by atoms with Crippen LogP contribution in [0.4, 0.5) is 0 Å². The molecular formula is C20H25N3O2. The van der Waals surface area contributed by atoms with Crippen LogP contribution in [-0.2, 0) is 0 Å². The zero-order valence-corrected chi connectivity index (χ0v) is 14.8. The number of hydrogen-bond acceptors (Lipinski definition) is 4. The Morgan fingerprint density at radius 1 is 1.28 bits per heavy atom. The maximum Gasteiger partial charge on any atom is 0.273 e. The fourth-order valence-electron chi connectivity index (χ4n) is 3.65. The van der Waals surface area contributed by atoms with Gasteiger partial charge in [0.2, 0.25) is 0 Å². The molecule has 5 nitrogen and oxygen atoms in total. The highest BCUT2D eigenvalue weighted by Gasteiger charge is 2.34. The predicted molar refractivity (Wildman–Crippen MR) is 95.3 cm³/mol. The van der Waals surface area contributed by atoms with Crippen molar-refractivity contribution in [2.45, 2.75) is 44.7 Å². The molecule has 1 aliphatic carbocycles. The fourth-order valence-corrected chi connectivity index (χ4v) is 3.65. The third-order valence-corrected chi connectivity index (χ3v) is 5.53. The van der Waals surface area contributed by atoms with Crippen LogP contribution in [-0.4, -0.2) is 35.1 Å². The lowest BCUT2D eigenvalue weighted by Gasteiger charge is -2.24. The molecule has 3 unspecified atom stereocenters. The summed E-state index contributed by atoms with van der Waals surface area (Å²) in [6, 6.07) is 12.8. The van der Waals surface area contributed by atoms with Crippen LogP contribution >= 0.6 is 0 Å². The summed E-state index contributed by atoms with van der Waals surface area (Å²) >= 11 is 0. The Labute approximate surface area is 148 Å². The number of nitrogens with zero attached hydrogens (tertiary/aromatic N) is 2. The summed E-state index contributed by atoms with van der Waals surface area (Å²) in [5.41, 5.74) is 1.72. The second kappa shape index (κ2) is 6.64. The molecule has 1 saturated carbocycles. The minimum Gasteiger partial charge on any atom is -0.360 e. The Hall–Kier alpha value is -2.14. The van der Waals surface area contributed by atoms with Crippen LogP contribution in [0.2, 0.25) is 0 Å². The van der Waals surface area contributed by atoms with E-state index < -0.39 is 0 Å². The fraction of sp³-hybridized carbons (Fsp3) is 0.500. The van der Waals surface area contributed by atoms with Gasteiger partial charge in [0.25, 0.3) is 5.91 Å². The van der Waals surface area contributed by atoms with Crippen molar-refractivity contribution in [2.75, 3.05) is 13.1 Å². The van der Waals surface area contributed by atoms with Gasteiger partial charge in [0.1, 0.15) is 5.76 Å². The normalized spacial score (nSPS) is 25.0. The summed E-state index contributed by atoms with van der Waals surface area (Å²) in [5, 5.41) is 7.10. The summed E-state index contributed by atoms with van der Waals surface area (Å²) in [4.78, 5) is 14.9. The molecule has 4 rings (SSSR count). The molecule has 1 aliphatic heterocycles. The van der Waals surface area contributed by atoms with Crippen molar-refractivity contribution in [1.29, 1.82) is 0 Å². The van der Waals surface area contributed by atoms with Crippen LogP contribution in [0.15, 0.2) is 40.9 Å². The van der Waals surface area contributed by atoms with E-state index in [1.165, 1.54) is 5.56 Å². The molecule has 1 aromatic heterocycles. The van der Waals surface area contributed by atoms with Crippen molar-refractivity contribution in [3.05, 3.63) is 53.4 Å². The summed E-state index contributed by atoms with van der Waals surface area (Å²) in [5.74, 6) is 1.61. The zero-order valence-electron chi connectivity index (χ0n) is 14.8. The Bertz CT molecular complexity index is 738. The van der Waals surface area contributed by atoms with Gasteiger partial charge in [0.05, 0.1) is 0 Å². The summed E-state index contributed by atoms with van der Waals surface area (Å²) < 4.78 is 5.30. The van der Waals surface area contributed by atoms with E-state index in [1.54, 1.807) is 6.07 Å². The van der Waals surface area contributed by atoms with Crippen LogP contribution in [0.1, 0.15) is 60.5 Å². The van der Waals surface area contributed by atoms with Crippen molar-refractivity contribution < 1.29 is 9.32 Å². The number of rotatable bonds is 5. The Morgan fingerprint density at radius 2 is 2.04 bits per heavy atom. The van der Waals surface area contributed by atoms with Crippen LogP contribution in [0.3, 0.4) is 0 Å². The summed E-state index contributed by atoms with van der Waals surface area (Å²) in [7, 11) is 0. The Balaban J connectivity index is 1.38. The molecule has 1 N–H and O–H groups in total. The largest absolute Gasteiger partial charge is 0.360 e. The van der Waals surface area contributed by atoms with Gasteiger partial charge in [-0.2, -0.15) is 0 Å². The second-order valence-electron chi connectivity index (χ2n) is 7.49. The number of benzene rings is 1. The maximum absolute atomic E-state index is 12.5. The molecule has 0 spiro atoms. The smallest absolute Gasteiger partial charge is 0.273 e. The summed E-state index contributed by atoms with van der Waals surface area (Å²) in [6.07, 6.45) is 2.28. The van der Waals surface area contributed by atoms with Crippen LogP contribution in [0.5, 0.6) is 0 Å². The lowest BCUT2D eigenvalue weighted by Crippen LogP contribution is -2.40.